The summed E-state index contributed by atoms with van der Waals surface area (Å²) in [5.41, 5.74) is 0.184. The summed E-state index contributed by atoms with van der Waals surface area (Å²) in [6.07, 6.45) is 3.70. The summed E-state index contributed by atoms with van der Waals surface area (Å²) >= 11 is 0. The van der Waals surface area contributed by atoms with Gasteiger partial charge in [0.25, 0.3) is 0 Å². The molecule has 0 aromatic heterocycles. The van der Waals surface area contributed by atoms with Gasteiger partial charge in [-0.25, -0.2) is 4.57 Å². The predicted octanol–water partition coefficient (Wildman–Crippen LogP) is 1.73. The highest BCUT2D eigenvalue weighted by Gasteiger charge is 2.44. The van der Waals surface area contributed by atoms with E-state index in [0.717, 1.165) is 6.08 Å². The lowest BCUT2D eigenvalue weighted by atomic mass is 9.77. The van der Waals surface area contributed by atoms with E-state index in [2.05, 4.69) is 4.76 Å². The van der Waals surface area contributed by atoms with Gasteiger partial charge in [-0.1, -0.05) is 25.1 Å². The highest BCUT2D eigenvalue weighted by atomic mass is 31.2. The third-order valence-electron chi connectivity index (χ3n) is 3.99. The van der Waals surface area contributed by atoms with Gasteiger partial charge in [-0.15, -0.1) is 0 Å². The van der Waals surface area contributed by atoms with Gasteiger partial charge in [0.1, 0.15) is 11.5 Å². The summed E-state index contributed by atoms with van der Waals surface area (Å²) in [5, 5.41) is 40.5. The van der Waals surface area contributed by atoms with Crippen molar-refractivity contribution in [3.05, 3.63) is 53.8 Å². The van der Waals surface area contributed by atoms with Gasteiger partial charge in [0.2, 0.25) is 0 Å². The van der Waals surface area contributed by atoms with E-state index in [1.54, 1.807) is 6.92 Å². The van der Waals surface area contributed by atoms with E-state index in [-0.39, 0.29) is 17.2 Å². The number of phenolic OH excluding ortho intramolecular Hbond substituents is 1. The fourth-order valence-corrected chi connectivity index (χ4v) is 3.37. The van der Waals surface area contributed by atoms with Gasteiger partial charge in [0, 0.05) is 12.0 Å². The zero-order chi connectivity index (χ0) is 18.8. The molecule has 6 N–H and O–H groups in total. The molecule has 1 aromatic rings. The Morgan fingerprint density at radius 3 is 2.32 bits per heavy atom. The molecule has 2 rings (SSSR count). The summed E-state index contributed by atoms with van der Waals surface area (Å²) in [6, 6.07) is 5.87. The van der Waals surface area contributed by atoms with Crippen molar-refractivity contribution in [2.75, 3.05) is 0 Å². The molecule has 0 spiro atoms. The van der Waals surface area contributed by atoms with Crippen LogP contribution in [0, 0.1) is 5.92 Å². The fraction of sp³-hybridized carbons (Fsp3) is 0.312. The van der Waals surface area contributed by atoms with Crippen LogP contribution in [-0.4, -0.2) is 41.7 Å². The van der Waals surface area contributed by atoms with Crippen LogP contribution >= 0.6 is 7.75 Å². The minimum absolute atomic E-state index is 0.0225. The van der Waals surface area contributed by atoms with E-state index in [4.69, 9.17) is 9.79 Å². The Kier molecular flexibility index (Phi) is 5.51. The molecule has 1 aromatic carbocycles. The van der Waals surface area contributed by atoms with E-state index in [9.17, 15) is 25.0 Å². The Balaban J connectivity index is 2.47. The van der Waals surface area contributed by atoms with Gasteiger partial charge in [-0.05, 0) is 30.2 Å². The standard InChI is InChI=1S/C16H20NO7P/c1-2-13(10-3-5-11(18)6-4-10)16(20,21)14-8-7-12(19)9-15(14)17-25(22,23)24/h3-9,13-14,18-21H,2H2,1H3,(H2,22,23,24). The topological polar surface area (TPSA) is 151 Å². The van der Waals surface area contributed by atoms with Crippen LogP contribution in [0.4, 0.5) is 0 Å². The molecule has 0 heterocycles. The molecule has 8 nitrogen and oxygen atoms in total. The molecule has 0 saturated carbocycles. The monoisotopic (exact) mass is 369 g/mol. The van der Waals surface area contributed by atoms with E-state index in [0.29, 0.717) is 12.0 Å². The largest absolute Gasteiger partial charge is 0.508 e. The number of aromatic hydroxyl groups is 1. The van der Waals surface area contributed by atoms with Crippen molar-refractivity contribution in [3.63, 3.8) is 0 Å². The highest BCUT2D eigenvalue weighted by Crippen LogP contribution is 2.42. The lowest BCUT2D eigenvalue weighted by Crippen LogP contribution is -2.46. The van der Waals surface area contributed by atoms with Gasteiger partial charge in [-0.3, -0.25) is 0 Å². The van der Waals surface area contributed by atoms with Gasteiger partial charge < -0.3 is 30.2 Å². The first-order chi connectivity index (χ1) is 11.5. The summed E-state index contributed by atoms with van der Waals surface area (Å²) in [7, 11) is -4.84. The van der Waals surface area contributed by atoms with Crippen molar-refractivity contribution in [1.29, 1.82) is 0 Å². The number of aliphatic hydroxyl groups is 3. The van der Waals surface area contributed by atoms with Gasteiger partial charge in [-0.2, -0.15) is 4.76 Å². The average molecular weight is 369 g/mol. The van der Waals surface area contributed by atoms with E-state index >= 15 is 0 Å². The Morgan fingerprint density at radius 2 is 1.80 bits per heavy atom. The Bertz CT molecular complexity index is 761. The van der Waals surface area contributed by atoms with Crippen LogP contribution in [-0.2, 0) is 4.57 Å². The van der Waals surface area contributed by atoms with E-state index < -0.39 is 25.4 Å². The lowest BCUT2D eigenvalue weighted by molar-refractivity contribution is -0.192. The number of hydrogen-bond acceptors (Lipinski definition) is 5. The first-order valence-electron chi connectivity index (χ1n) is 7.52. The molecular weight excluding hydrogens is 349 g/mol. The van der Waals surface area contributed by atoms with Gasteiger partial charge in [0.05, 0.1) is 11.6 Å². The average Bonchev–Trinajstić information content (AvgIpc) is 2.47. The third kappa shape index (κ3) is 4.56. The molecule has 0 bridgehead atoms. The van der Waals surface area contributed by atoms with Gasteiger partial charge >= 0.3 is 7.75 Å². The molecule has 0 amide bonds. The Hall–Kier alpha value is -1.96. The summed E-state index contributed by atoms with van der Waals surface area (Å²) in [5.74, 6) is -4.83. The molecule has 9 heteroatoms. The molecule has 0 radical (unpaired) electrons. The molecule has 2 atom stereocenters. The number of phenols is 1. The van der Waals surface area contributed by atoms with Gasteiger partial charge in [0.15, 0.2) is 5.79 Å². The van der Waals surface area contributed by atoms with Crippen LogP contribution in [0.25, 0.3) is 0 Å². The summed E-state index contributed by atoms with van der Waals surface area (Å²) < 4.78 is 14.4. The molecule has 0 aliphatic heterocycles. The van der Waals surface area contributed by atoms with Crippen molar-refractivity contribution in [2.24, 2.45) is 10.7 Å². The molecule has 0 fully saturated rings. The SMILES string of the molecule is CCC(c1ccc(O)cc1)C(O)(O)C1C=CC(O)=CC1=NP(=O)(O)O. The molecule has 1 aliphatic rings. The zero-order valence-electron chi connectivity index (χ0n) is 13.4. The first kappa shape index (κ1) is 19.4. The van der Waals surface area contributed by atoms with Crippen LogP contribution in [0.1, 0.15) is 24.8 Å². The zero-order valence-corrected chi connectivity index (χ0v) is 14.3. The molecule has 2 unspecified atom stereocenters. The first-order valence-corrected chi connectivity index (χ1v) is 9.09. The number of hydrogen-bond donors (Lipinski definition) is 6. The molecule has 0 saturated heterocycles. The van der Waals surface area contributed by atoms with Crippen LogP contribution in [0.5, 0.6) is 5.75 Å². The molecule has 136 valence electrons. The van der Waals surface area contributed by atoms with E-state index in [1.807, 2.05) is 0 Å². The maximum atomic E-state index is 11.2. The van der Waals surface area contributed by atoms with Crippen LogP contribution in [0.2, 0.25) is 0 Å². The number of rotatable bonds is 5. The second kappa shape index (κ2) is 7.11. The predicted molar refractivity (Wildman–Crippen MR) is 91.1 cm³/mol. The van der Waals surface area contributed by atoms with Crippen LogP contribution in [0.3, 0.4) is 0 Å². The minimum atomic E-state index is -4.84. The minimum Gasteiger partial charge on any atom is -0.508 e. The summed E-state index contributed by atoms with van der Waals surface area (Å²) in [6.45, 7) is 1.72. The molecular formula is C16H20NO7P. The highest BCUT2D eigenvalue weighted by molar-refractivity contribution is 7.50. The number of benzene rings is 1. The summed E-state index contributed by atoms with van der Waals surface area (Å²) in [4.78, 5) is 18.2. The smallest absolute Gasteiger partial charge is 0.448 e. The number of allylic oxidation sites excluding steroid dienone is 2. The quantitative estimate of drug-likeness (QED) is 0.342. The van der Waals surface area contributed by atoms with Crippen molar-refractivity contribution in [2.45, 2.75) is 25.0 Å². The Labute approximate surface area is 144 Å². The Morgan fingerprint density at radius 1 is 1.20 bits per heavy atom. The lowest BCUT2D eigenvalue weighted by Gasteiger charge is -2.37. The van der Waals surface area contributed by atoms with Crippen molar-refractivity contribution in [1.82, 2.24) is 0 Å². The maximum absolute atomic E-state index is 11.2. The van der Waals surface area contributed by atoms with Crippen molar-refractivity contribution < 1.29 is 34.8 Å². The fourth-order valence-electron chi connectivity index (χ4n) is 2.89. The maximum Gasteiger partial charge on any atom is 0.448 e. The third-order valence-corrected chi connectivity index (χ3v) is 4.49. The van der Waals surface area contributed by atoms with Crippen molar-refractivity contribution >= 4 is 13.5 Å². The number of nitrogens with zero attached hydrogens (tertiary/aromatic N) is 1. The van der Waals surface area contributed by atoms with Crippen LogP contribution in [0.15, 0.2) is 53.0 Å². The van der Waals surface area contributed by atoms with E-state index in [1.165, 1.54) is 36.4 Å². The molecule has 25 heavy (non-hydrogen) atoms. The van der Waals surface area contributed by atoms with Crippen LogP contribution < -0.4 is 0 Å². The normalized spacial score (nSPS) is 21.2. The van der Waals surface area contributed by atoms with Crippen molar-refractivity contribution in [3.8, 4) is 5.75 Å². The molecule has 1 aliphatic carbocycles. The number of aliphatic hydroxyl groups excluding tert-OH is 1. The second-order valence-corrected chi connectivity index (χ2v) is 7.01. The second-order valence-electron chi connectivity index (χ2n) is 5.78.